The van der Waals surface area contributed by atoms with Crippen molar-refractivity contribution in [3.05, 3.63) is 54.2 Å². The van der Waals surface area contributed by atoms with E-state index in [0.29, 0.717) is 42.5 Å². The third-order valence-corrected chi connectivity index (χ3v) is 4.63. The molecule has 0 fully saturated rings. The molecule has 3 aromatic rings. The summed E-state index contributed by atoms with van der Waals surface area (Å²) in [5, 5.41) is 3.85. The standard InChI is InChI=1S/C21H21N3O4/c1-2-24(21(26)15-4-3-14-7-8-22-17(14)11-15)13-20(25)23-16-5-6-18-19(12-16)28-10-9-27-18/h3-8,11-12,22H,2,9-10,13H2,1H3,(H,23,25). The molecule has 2 N–H and O–H groups in total. The molecule has 0 bridgehead atoms. The summed E-state index contributed by atoms with van der Waals surface area (Å²) in [6.45, 7) is 3.24. The first-order chi connectivity index (χ1) is 13.6. The minimum absolute atomic E-state index is 0.0352. The van der Waals surface area contributed by atoms with Gasteiger partial charge in [0.1, 0.15) is 19.8 Å². The summed E-state index contributed by atoms with van der Waals surface area (Å²) >= 11 is 0. The van der Waals surface area contributed by atoms with E-state index in [2.05, 4.69) is 10.3 Å². The summed E-state index contributed by atoms with van der Waals surface area (Å²) in [4.78, 5) is 29.9. The zero-order valence-corrected chi connectivity index (χ0v) is 15.5. The van der Waals surface area contributed by atoms with Gasteiger partial charge in [0.15, 0.2) is 11.5 Å². The summed E-state index contributed by atoms with van der Waals surface area (Å²) in [5.41, 5.74) is 2.04. The first-order valence-electron chi connectivity index (χ1n) is 9.20. The van der Waals surface area contributed by atoms with Crippen molar-refractivity contribution in [3.8, 4) is 11.5 Å². The number of carbonyl (C=O) groups is 2. The molecule has 1 aromatic heterocycles. The zero-order valence-electron chi connectivity index (χ0n) is 15.5. The lowest BCUT2D eigenvalue weighted by Gasteiger charge is -2.21. The summed E-state index contributed by atoms with van der Waals surface area (Å²) in [7, 11) is 0. The lowest BCUT2D eigenvalue weighted by molar-refractivity contribution is -0.116. The highest BCUT2D eigenvalue weighted by Crippen LogP contribution is 2.32. The van der Waals surface area contributed by atoms with Crippen molar-refractivity contribution in [2.24, 2.45) is 0 Å². The second-order valence-corrected chi connectivity index (χ2v) is 6.51. The van der Waals surface area contributed by atoms with Crippen molar-refractivity contribution in [3.63, 3.8) is 0 Å². The van der Waals surface area contributed by atoms with Crippen molar-refractivity contribution in [1.29, 1.82) is 0 Å². The van der Waals surface area contributed by atoms with Gasteiger partial charge >= 0.3 is 0 Å². The quantitative estimate of drug-likeness (QED) is 0.714. The Hall–Kier alpha value is -3.48. The van der Waals surface area contributed by atoms with Crippen molar-refractivity contribution in [1.82, 2.24) is 9.88 Å². The van der Waals surface area contributed by atoms with E-state index < -0.39 is 0 Å². The lowest BCUT2D eigenvalue weighted by Crippen LogP contribution is -2.37. The van der Waals surface area contributed by atoms with E-state index in [0.717, 1.165) is 10.9 Å². The van der Waals surface area contributed by atoms with Crippen LogP contribution in [0.15, 0.2) is 48.7 Å². The Balaban J connectivity index is 1.43. The fourth-order valence-corrected chi connectivity index (χ4v) is 3.19. The fraction of sp³-hybridized carbons (Fsp3) is 0.238. The summed E-state index contributed by atoms with van der Waals surface area (Å²) in [6.07, 6.45) is 1.83. The molecular weight excluding hydrogens is 358 g/mol. The molecule has 7 nitrogen and oxygen atoms in total. The highest BCUT2D eigenvalue weighted by molar-refractivity contribution is 6.01. The first kappa shape index (κ1) is 17.9. The Kier molecular flexibility index (Phi) is 4.89. The highest BCUT2D eigenvalue weighted by atomic mass is 16.6. The molecule has 0 spiro atoms. The van der Waals surface area contributed by atoms with Gasteiger partial charge in [0.05, 0.1) is 0 Å². The van der Waals surface area contributed by atoms with Crippen LogP contribution in [-0.2, 0) is 4.79 Å². The third-order valence-electron chi connectivity index (χ3n) is 4.63. The van der Waals surface area contributed by atoms with E-state index in [4.69, 9.17) is 9.47 Å². The minimum atomic E-state index is -0.271. The summed E-state index contributed by atoms with van der Waals surface area (Å²) in [6, 6.07) is 12.7. The number of aromatic nitrogens is 1. The van der Waals surface area contributed by atoms with Crippen LogP contribution < -0.4 is 14.8 Å². The first-order valence-corrected chi connectivity index (χ1v) is 9.20. The smallest absolute Gasteiger partial charge is 0.254 e. The van der Waals surface area contributed by atoms with Crippen LogP contribution in [0.1, 0.15) is 17.3 Å². The Morgan fingerprint density at radius 1 is 1.07 bits per heavy atom. The number of nitrogens with one attached hydrogen (secondary N) is 2. The minimum Gasteiger partial charge on any atom is -0.486 e. The Morgan fingerprint density at radius 3 is 2.71 bits per heavy atom. The number of H-pyrrole nitrogens is 1. The molecule has 2 heterocycles. The van der Waals surface area contributed by atoms with Crippen LogP contribution >= 0.6 is 0 Å². The Morgan fingerprint density at radius 2 is 1.89 bits per heavy atom. The van der Waals surface area contributed by atoms with Crippen LogP contribution in [0.5, 0.6) is 11.5 Å². The van der Waals surface area contributed by atoms with Crippen LogP contribution in [0, 0.1) is 0 Å². The number of hydrogen-bond donors (Lipinski definition) is 2. The molecule has 0 unspecified atom stereocenters. The number of likely N-dealkylation sites (N-methyl/N-ethyl adjacent to an activating group) is 1. The SMILES string of the molecule is CCN(CC(=O)Nc1ccc2c(c1)OCCO2)C(=O)c1ccc2cc[nH]c2c1. The van der Waals surface area contributed by atoms with Crippen molar-refractivity contribution in [2.75, 3.05) is 31.6 Å². The number of anilines is 1. The van der Waals surface area contributed by atoms with Gasteiger partial charge in [-0.2, -0.15) is 0 Å². The maximum absolute atomic E-state index is 12.8. The normalized spacial score (nSPS) is 12.6. The summed E-state index contributed by atoms with van der Waals surface area (Å²) in [5.74, 6) is 0.810. The maximum atomic E-state index is 12.8. The second-order valence-electron chi connectivity index (χ2n) is 6.51. The van der Waals surface area contributed by atoms with E-state index in [-0.39, 0.29) is 18.4 Å². The molecule has 0 saturated carbocycles. The van der Waals surface area contributed by atoms with Gasteiger partial charge in [-0.25, -0.2) is 0 Å². The van der Waals surface area contributed by atoms with Gasteiger partial charge < -0.3 is 24.7 Å². The van der Waals surface area contributed by atoms with E-state index in [1.165, 1.54) is 4.90 Å². The van der Waals surface area contributed by atoms with Gasteiger partial charge in [0.2, 0.25) is 5.91 Å². The van der Waals surface area contributed by atoms with Gasteiger partial charge in [-0.1, -0.05) is 6.07 Å². The molecule has 0 radical (unpaired) electrons. The van der Waals surface area contributed by atoms with Crippen LogP contribution in [0.25, 0.3) is 10.9 Å². The summed E-state index contributed by atoms with van der Waals surface area (Å²) < 4.78 is 11.0. The molecule has 28 heavy (non-hydrogen) atoms. The molecule has 144 valence electrons. The van der Waals surface area contributed by atoms with Crippen molar-refractivity contribution < 1.29 is 19.1 Å². The molecule has 4 rings (SSSR count). The van der Waals surface area contributed by atoms with Crippen LogP contribution in [0.3, 0.4) is 0 Å². The topological polar surface area (TPSA) is 83.7 Å². The molecule has 7 heteroatoms. The molecule has 2 amide bonds. The number of nitrogens with zero attached hydrogens (tertiary/aromatic N) is 1. The molecule has 1 aliphatic rings. The molecule has 1 aliphatic heterocycles. The van der Waals surface area contributed by atoms with E-state index in [9.17, 15) is 9.59 Å². The fourth-order valence-electron chi connectivity index (χ4n) is 3.19. The van der Waals surface area contributed by atoms with E-state index in [1.54, 1.807) is 30.3 Å². The van der Waals surface area contributed by atoms with Gasteiger partial charge in [-0.15, -0.1) is 0 Å². The van der Waals surface area contributed by atoms with Gasteiger partial charge in [-0.05, 0) is 42.6 Å². The third kappa shape index (κ3) is 3.64. The number of fused-ring (bicyclic) bond motifs is 2. The number of benzene rings is 2. The van der Waals surface area contributed by atoms with Crippen molar-refractivity contribution >= 4 is 28.4 Å². The number of aromatic amines is 1. The maximum Gasteiger partial charge on any atom is 0.254 e. The highest BCUT2D eigenvalue weighted by Gasteiger charge is 2.19. The van der Waals surface area contributed by atoms with Crippen LogP contribution in [0.2, 0.25) is 0 Å². The second kappa shape index (κ2) is 7.64. The van der Waals surface area contributed by atoms with Gasteiger partial charge in [0, 0.05) is 35.6 Å². The number of hydrogen-bond acceptors (Lipinski definition) is 4. The monoisotopic (exact) mass is 379 g/mol. The van der Waals surface area contributed by atoms with Gasteiger partial charge in [0.25, 0.3) is 5.91 Å². The number of carbonyl (C=O) groups excluding carboxylic acids is 2. The molecule has 0 saturated heterocycles. The molecular formula is C21H21N3O4. The van der Waals surface area contributed by atoms with Gasteiger partial charge in [-0.3, -0.25) is 9.59 Å². The predicted molar refractivity (Wildman–Crippen MR) is 106 cm³/mol. The number of amides is 2. The predicted octanol–water partition coefficient (Wildman–Crippen LogP) is 3.04. The molecule has 2 aromatic carbocycles. The van der Waals surface area contributed by atoms with Crippen LogP contribution in [-0.4, -0.2) is 48.0 Å². The Labute approximate surface area is 162 Å². The van der Waals surface area contributed by atoms with E-state index >= 15 is 0 Å². The largest absolute Gasteiger partial charge is 0.486 e. The zero-order chi connectivity index (χ0) is 19.5. The molecule has 0 atom stereocenters. The number of ether oxygens (including phenoxy) is 2. The number of rotatable bonds is 5. The Bertz CT molecular complexity index is 1030. The van der Waals surface area contributed by atoms with Crippen LogP contribution in [0.4, 0.5) is 5.69 Å². The van der Waals surface area contributed by atoms with E-state index in [1.807, 2.05) is 25.3 Å². The molecule has 0 aliphatic carbocycles. The van der Waals surface area contributed by atoms with Crippen molar-refractivity contribution in [2.45, 2.75) is 6.92 Å². The average Bonchev–Trinajstić information content (AvgIpc) is 3.19. The lowest BCUT2D eigenvalue weighted by atomic mass is 10.1. The average molecular weight is 379 g/mol.